The number of alkyl halides is 2. The predicted molar refractivity (Wildman–Crippen MR) is 61.9 cm³/mol. The highest BCUT2D eigenvalue weighted by atomic mass is 35.5. The number of nitrogens with zero attached hydrogens (tertiary/aromatic N) is 3. The third-order valence-corrected chi connectivity index (χ3v) is 2.36. The fraction of sp³-hybridized carbons (Fsp3) is 0.100. The van der Waals surface area contributed by atoms with Crippen molar-refractivity contribution in [3.05, 3.63) is 34.7 Å². The van der Waals surface area contributed by atoms with Gasteiger partial charge in [0.1, 0.15) is 5.69 Å². The predicted octanol–water partition coefficient (Wildman–Crippen LogP) is 3.45. The van der Waals surface area contributed by atoms with Gasteiger partial charge in [-0.1, -0.05) is 23.2 Å². The molecule has 0 radical (unpaired) electrons. The van der Waals surface area contributed by atoms with Crippen LogP contribution in [0.2, 0.25) is 10.2 Å². The van der Waals surface area contributed by atoms with Crippen LogP contribution in [0.15, 0.2) is 24.5 Å². The summed E-state index contributed by atoms with van der Waals surface area (Å²) >= 11 is 11.4. The molecule has 0 aliphatic heterocycles. The molecule has 0 fully saturated rings. The molecule has 2 aromatic heterocycles. The molecule has 18 heavy (non-hydrogen) atoms. The van der Waals surface area contributed by atoms with E-state index in [1.54, 1.807) is 12.1 Å². The van der Waals surface area contributed by atoms with Gasteiger partial charge in [-0.15, -0.1) is 0 Å². The van der Waals surface area contributed by atoms with Crippen LogP contribution in [0.1, 0.15) is 0 Å². The average molecular weight is 292 g/mol. The first-order valence-corrected chi connectivity index (χ1v) is 5.41. The number of aromatic nitrogens is 3. The maximum atomic E-state index is 12.0. The molecule has 0 aliphatic rings. The van der Waals surface area contributed by atoms with Crippen molar-refractivity contribution in [3.63, 3.8) is 0 Å². The molecule has 0 amide bonds. The van der Waals surface area contributed by atoms with Crippen molar-refractivity contribution in [3.8, 4) is 17.3 Å². The summed E-state index contributed by atoms with van der Waals surface area (Å²) < 4.78 is 28.1. The summed E-state index contributed by atoms with van der Waals surface area (Å²) in [6.07, 6.45) is 2.66. The second-order valence-electron chi connectivity index (χ2n) is 3.09. The maximum absolute atomic E-state index is 12.0. The summed E-state index contributed by atoms with van der Waals surface area (Å²) in [5.74, 6) is -0.426. The Hall–Kier alpha value is -1.53. The topological polar surface area (TPSA) is 47.9 Å². The van der Waals surface area contributed by atoms with Crippen molar-refractivity contribution in [2.24, 2.45) is 0 Å². The molecule has 0 saturated carbocycles. The molecule has 0 unspecified atom stereocenters. The van der Waals surface area contributed by atoms with E-state index in [0.717, 1.165) is 0 Å². The van der Waals surface area contributed by atoms with Gasteiger partial charge >= 0.3 is 6.61 Å². The van der Waals surface area contributed by atoms with E-state index in [0.29, 0.717) is 16.4 Å². The minimum Gasteiger partial charge on any atom is -0.414 e. The molecule has 4 nitrogen and oxygen atoms in total. The highest BCUT2D eigenvalue weighted by molar-refractivity contribution is 6.31. The lowest BCUT2D eigenvalue weighted by molar-refractivity contribution is -0.0530. The van der Waals surface area contributed by atoms with Crippen LogP contribution >= 0.6 is 23.2 Å². The Bertz CT molecular complexity index is 551. The quantitative estimate of drug-likeness (QED) is 0.869. The zero-order chi connectivity index (χ0) is 13.1. The smallest absolute Gasteiger partial charge is 0.388 e. The molecular weight excluding hydrogens is 287 g/mol. The van der Waals surface area contributed by atoms with Crippen LogP contribution in [0.4, 0.5) is 8.78 Å². The average Bonchev–Trinajstić information content (AvgIpc) is 2.32. The van der Waals surface area contributed by atoms with E-state index in [4.69, 9.17) is 23.2 Å². The van der Waals surface area contributed by atoms with Crippen molar-refractivity contribution >= 4 is 23.2 Å². The minimum absolute atomic E-state index is 0.260. The van der Waals surface area contributed by atoms with Crippen LogP contribution in [0.5, 0.6) is 5.88 Å². The Morgan fingerprint density at radius 3 is 2.39 bits per heavy atom. The van der Waals surface area contributed by atoms with Gasteiger partial charge in [-0.3, -0.25) is 4.98 Å². The number of hydrogen-bond acceptors (Lipinski definition) is 4. The van der Waals surface area contributed by atoms with E-state index in [9.17, 15) is 8.78 Å². The number of pyridine rings is 1. The normalized spacial score (nSPS) is 10.7. The van der Waals surface area contributed by atoms with Crippen LogP contribution in [0.3, 0.4) is 0 Å². The Balaban J connectivity index is 2.31. The molecule has 2 heterocycles. The second kappa shape index (κ2) is 5.41. The SMILES string of the molecule is FC(F)Oc1ncc(-c2ccc(Cl)cn2)nc1Cl. The second-order valence-corrected chi connectivity index (χ2v) is 3.89. The lowest BCUT2D eigenvalue weighted by Gasteiger charge is -2.06. The van der Waals surface area contributed by atoms with Gasteiger partial charge in [0.2, 0.25) is 0 Å². The molecule has 94 valence electrons. The largest absolute Gasteiger partial charge is 0.414 e. The molecule has 2 aromatic rings. The monoisotopic (exact) mass is 291 g/mol. The van der Waals surface area contributed by atoms with E-state index in [1.165, 1.54) is 12.4 Å². The number of halogens is 4. The fourth-order valence-electron chi connectivity index (χ4n) is 1.17. The van der Waals surface area contributed by atoms with Crippen LogP contribution in [0, 0.1) is 0 Å². The Morgan fingerprint density at radius 1 is 1.06 bits per heavy atom. The molecule has 2 rings (SSSR count). The lowest BCUT2D eigenvalue weighted by atomic mass is 10.3. The Labute approximate surface area is 111 Å². The van der Waals surface area contributed by atoms with Gasteiger partial charge < -0.3 is 4.74 Å². The van der Waals surface area contributed by atoms with Crippen molar-refractivity contribution in [1.82, 2.24) is 15.0 Å². The minimum atomic E-state index is -3.00. The van der Waals surface area contributed by atoms with Gasteiger partial charge in [0.05, 0.1) is 16.9 Å². The molecule has 0 spiro atoms. The number of hydrogen-bond donors (Lipinski definition) is 0. The van der Waals surface area contributed by atoms with Gasteiger partial charge in [-0.05, 0) is 12.1 Å². The van der Waals surface area contributed by atoms with Crippen molar-refractivity contribution in [1.29, 1.82) is 0 Å². The van der Waals surface area contributed by atoms with E-state index < -0.39 is 12.5 Å². The van der Waals surface area contributed by atoms with E-state index in [-0.39, 0.29) is 5.15 Å². The maximum Gasteiger partial charge on any atom is 0.388 e. The molecule has 0 atom stereocenters. The third kappa shape index (κ3) is 3.02. The first kappa shape index (κ1) is 12.9. The van der Waals surface area contributed by atoms with Gasteiger partial charge in [0.25, 0.3) is 5.88 Å². The number of rotatable bonds is 3. The molecule has 0 aliphatic carbocycles. The summed E-state index contributed by atoms with van der Waals surface area (Å²) in [6.45, 7) is -3.00. The summed E-state index contributed by atoms with van der Waals surface area (Å²) in [7, 11) is 0. The highest BCUT2D eigenvalue weighted by Gasteiger charge is 2.13. The van der Waals surface area contributed by atoms with Crippen molar-refractivity contribution in [2.45, 2.75) is 6.61 Å². The van der Waals surface area contributed by atoms with Gasteiger partial charge in [0.15, 0.2) is 5.15 Å². The standard InChI is InChI=1S/C10H5Cl2F2N3O/c11-5-1-2-6(15-3-5)7-4-16-9(8(12)17-7)18-10(13)14/h1-4,10H. The van der Waals surface area contributed by atoms with Crippen LogP contribution in [-0.2, 0) is 0 Å². The first-order chi connectivity index (χ1) is 8.56. The zero-order valence-electron chi connectivity index (χ0n) is 8.65. The summed E-state index contributed by atoms with van der Waals surface area (Å²) in [4.78, 5) is 11.5. The highest BCUT2D eigenvalue weighted by Crippen LogP contribution is 2.24. The molecule has 0 saturated heterocycles. The van der Waals surface area contributed by atoms with Crippen molar-refractivity contribution < 1.29 is 13.5 Å². The molecule has 0 aromatic carbocycles. The van der Waals surface area contributed by atoms with Gasteiger partial charge in [-0.2, -0.15) is 8.78 Å². The van der Waals surface area contributed by atoms with Gasteiger partial charge in [0, 0.05) is 6.20 Å². The fourth-order valence-corrected chi connectivity index (χ4v) is 1.47. The Morgan fingerprint density at radius 2 is 1.83 bits per heavy atom. The van der Waals surface area contributed by atoms with E-state index in [1.807, 2.05) is 0 Å². The molecule has 0 bridgehead atoms. The van der Waals surface area contributed by atoms with Crippen molar-refractivity contribution in [2.75, 3.05) is 0 Å². The summed E-state index contributed by atoms with van der Waals surface area (Å²) in [5.41, 5.74) is 0.802. The summed E-state index contributed by atoms with van der Waals surface area (Å²) in [6, 6.07) is 3.22. The van der Waals surface area contributed by atoms with Crippen LogP contribution in [0.25, 0.3) is 11.4 Å². The molecular formula is C10H5Cl2F2N3O. The Kier molecular flexibility index (Phi) is 3.88. The van der Waals surface area contributed by atoms with Crippen LogP contribution in [-0.4, -0.2) is 21.6 Å². The van der Waals surface area contributed by atoms with E-state index in [2.05, 4.69) is 19.7 Å². The molecule has 0 N–H and O–H groups in total. The third-order valence-electron chi connectivity index (χ3n) is 1.89. The lowest BCUT2D eigenvalue weighted by Crippen LogP contribution is -2.05. The summed E-state index contributed by atoms with van der Waals surface area (Å²) in [5, 5.41) is 0.208. The molecule has 8 heteroatoms. The van der Waals surface area contributed by atoms with Crippen LogP contribution < -0.4 is 4.74 Å². The number of ether oxygens (including phenoxy) is 1. The van der Waals surface area contributed by atoms with E-state index >= 15 is 0 Å². The first-order valence-electron chi connectivity index (χ1n) is 4.65. The van der Waals surface area contributed by atoms with Gasteiger partial charge in [-0.25, -0.2) is 9.97 Å². The zero-order valence-corrected chi connectivity index (χ0v) is 10.2.